The molecule has 0 bridgehead atoms. The molecule has 10 heteroatoms. The van der Waals surface area contributed by atoms with E-state index in [0.717, 1.165) is 15.2 Å². The van der Waals surface area contributed by atoms with Crippen LogP contribution in [0.15, 0.2) is 87.1 Å². The normalized spacial score (nSPS) is 11.9. The summed E-state index contributed by atoms with van der Waals surface area (Å²) in [5.74, 6) is 0. The van der Waals surface area contributed by atoms with E-state index in [4.69, 9.17) is 23.2 Å². The van der Waals surface area contributed by atoms with Gasteiger partial charge in [0.1, 0.15) is 0 Å². The van der Waals surface area contributed by atoms with Crippen LogP contribution in [0.3, 0.4) is 0 Å². The standard InChI is InChI=1S/C21H13Cl2N3O2S3/c22-17-12-15(25-31(27,28)20-19(23)24-21-26(20)9-10-29-21)6-8-18(17)30-16-7-5-13-3-1-2-4-14(13)11-16/h1-12,25H. The number of halogens is 2. The molecule has 0 fully saturated rings. The number of aromatic nitrogens is 2. The zero-order valence-electron chi connectivity index (χ0n) is 15.6. The Hall–Kier alpha value is -2.23. The predicted octanol–water partition coefficient (Wildman–Crippen LogP) is 6.81. The van der Waals surface area contributed by atoms with Gasteiger partial charge in [-0.05, 0) is 41.1 Å². The van der Waals surface area contributed by atoms with E-state index in [1.807, 2.05) is 18.2 Å². The summed E-state index contributed by atoms with van der Waals surface area (Å²) in [7, 11) is -3.95. The van der Waals surface area contributed by atoms with E-state index in [0.29, 0.717) is 15.7 Å². The SMILES string of the molecule is O=S(=O)(Nc1ccc(Sc2ccc3ccccc3c2)c(Cl)c1)c1c(Cl)nc2sccn12. The maximum absolute atomic E-state index is 12.9. The molecule has 0 atom stereocenters. The van der Waals surface area contributed by atoms with Crippen LogP contribution in [-0.4, -0.2) is 17.8 Å². The van der Waals surface area contributed by atoms with Crippen LogP contribution in [0.4, 0.5) is 5.69 Å². The lowest BCUT2D eigenvalue weighted by Crippen LogP contribution is -2.15. The Kier molecular flexibility index (Phi) is 5.35. The van der Waals surface area contributed by atoms with Gasteiger partial charge in [-0.3, -0.25) is 9.12 Å². The molecular weight excluding hydrogens is 493 g/mol. The van der Waals surface area contributed by atoms with E-state index < -0.39 is 10.0 Å². The van der Waals surface area contributed by atoms with Crippen molar-refractivity contribution < 1.29 is 8.42 Å². The Morgan fingerprint density at radius 1 is 1.00 bits per heavy atom. The van der Waals surface area contributed by atoms with E-state index in [1.54, 1.807) is 29.8 Å². The lowest BCUT2D eigenvalue weighted by atomic mass is 10.1. The number of nitrogens with one attached hydrogen (secondary N) is 1. The Balaban J connectivity index is 1.41. The average Bonchev–Trinajstić information content (AvgIpc) is 3.29. The van der Waals surface area contributed by atoms with E-state index >= 15 is 0 Å². The van der Waals surface area contributed by atoms with E-state index in [1.165, 1.54) is 32.9 Å². The Morgan fingerprint density at radius 2 is 1.81 bits per heavy atom. The quantitative estimate of drug-likeness (QED) is 0.285. The lowest BCUT2D eigenvalue weighted by Gasteiger charge is -2.10. The summed E-state index contributed by atoms with van der Waals surface area (Å²) in [5.41, 5.74) is 0.342. The zero-order valence-corrected chi connectivity index (χ0v) is 19.6. The molecule has 5 rings (SSSR count). The number of sulfonamides is 1. The van der Waals surface area contributed by atoms with E-state index in [-0.39, 0.29) is 10.2 Å². The average molecular weight is 506 g/mol. The highest BCUT2D eigenvalue weighted by molar-refractivity contribution is 7.99. The third kappa shape index (κ3) is 4.02. The molecule has 2 heterocycles. The fourth-order valence-electron chi connectivity index (χ4n) is 3.19. The molecule has 5 aromatic rings. The summed E-state index contributed by atoms with van der Waals surface area (Å²) < 4.78 is 29.8. The van der Waals surface area contributed by atoms with Crippen molar-refractivity contribution in [2.45, 2.75) is 14.8 Å². The number of rotatable bonds is 5. The van der Waals surface area contributed by atoms with Crippen LogP contribution in [0.25, 0.3) is 15.7 Å². The molecule has 156 valence electrons. The zero-order chi connectivity index (χ0) is 21.6. The number of benzene rings is 3. The highest BCUT2D eigenvalue weighted by atomic mass is 35.5. The van der Waals surface area contributed by atoms with Crippen LogP contribution in [0.2, 0.25) is 10.2 Å². The van der Waals surface area contributed by atoms with Crippen molar-refractivity contribution in [1.29, 1.82) is 0 Å². The number of thiazole rings is 1. The van der Waals surface area contributed by atoms with Gasteiger partial charge in [0.25, 0.3) is 10.0 Å². The fraction of sp³-hybridized carbons (Fsp3) is 0. The molecule has 5 nitrogen and oxygen atoms in total. The molecule has 0 radical (unpaired) electrons. The van der Waals surface area contributed by atoms with Crippen LogP contribution in [0.5, 0.6) is 0 Å². The number of nitrogens with zero attached hydrogens (tertiary/aromatic N) is 2. The number of anilines is 1. The maximum Gasteiger partial charge on any atom is 0.281 e. The molecule has 1 N–H and O–H groups in total. The first-order chi connectivity index (χ1) is 14.9. The van der Waals surface area contributed by atoms with Gasteiger partial charge in [-0.2, -0.15) is 8.42 Å². The second kappa shape index (κ2) is 8.03. The van der Waals surface area contributed by atoms with Crippen molar-refractivity contribution in [3.8, 4) is 0 Å². The minimum atomic E-state index is -3.95. The van der Waals surface area contributed by atoms with Crippen LogP contribution < -0.4 is 4.72 Å². The molecule has 2 aromatic heterocycles. The topological polar surface area (TPSA) is 63.5 Å². The molecule has 3 aromatic carbocycles. The van der Waals surface area contributed by atoms with Gasteiger partial charge < -0.3 is 0 Å². The second-order valence-corrected chi connectivity index (χ2v) is 11.0. The van der Waals surface area contributed by atoms with Crippen molar-refractivity contribution in [1.82, 2.24) is 9.38 Å². The minimum absolute atomic E-state index is 0.0751. The van der Waals surface area contributed by atoms with Gasteiger partial charge in [0, 0.05) is 21.4 Å². The summed E-state index contributed by atoms with van der Waals surface area (Å²) >= 11 is 15.4. The summed E-state index contributed by atoms with van der Waals surface area (Å²) in [6, 6.07) is 19.4. The van der Waals surface area contributed by atoms with Crippen molar-refractivity contribution >= 4 is 77.7 Å². The molecule has 0 unspecified atom stereocenters. The van der Waals surface area contributed by atoms with Crippen molar-refractivity contribution in [2.24, 2.45) is 0 Å². The maximum atomic E-state index is 12.9. The molecule has 0 saturated heterocycles. The summed E-state index contributed by atoms with van der Waals surface area (Å²) in [6.45, 7) is 0. The van der Waals surface area contributed by atoms with Crippen LogP contribution in [0.1, 0.15) is 0 Å². The van der Waals surface area contributed by atoms with E-state index in [2.05, 4.69) is 34.0 Å². The van der Waals surface area contributed by atoms with Gasteiger partial charge in [-0.25, -0.2) is 4.98 Å². The Labute approximate surface area is 196 Å². The molecule has 0 aliphatic carbocycles. The van der Waals surface area contributed by atoms with Gasteiger partial charge in [0.2, 0.25) is 0 Å². The Morgan fingerprint density at radius 3 is 2.61 bits per heavy atom. The smallest absolute Gasteiger partial charge is 0.278 e. The minimum Gasteiger partial charge on any atom is -0.278 e. The first-order valence-corrected chi connectivity index (χ1v) is 12.9. The summed E-state index contributed by atoms with van der Waals surface area (Å²) in [5, 5.41) is 4.32. The predicted molar refractivity (Wildman–Crippen MR) is 128 cm³/mol. The number of hydrogen-bond donors (Lipinski definition) is 1. The number of fused-ring (bicyclic) bond motifs is 2. The fourth-order valence-corrected chi connectivity index (χ4v) is 6.86. The monoisotopic (exact) mass is 505 g/mol. The van der Waals surface area contributed by atoms with Gasteiger partial charge in [-0.1, -0.05) is 65.3 Å². The van der Waals surface area contributed by atoms with Crippen LogP contribution >= 0.6 is 46.3 Å². The summed E-state index contributed by atoms with van der Waals surface area (Å²) in [4.78, 5) is 6.45. The second-order valence-electron chi connectivity index (χ2n) is 6.63. The molecular formula is C21H13Cl2N3O2S3. The molecule has 0 spiro atoms. The highest BCUT2D eigenvalue weighted by Gasteiger charge is 2.25. The summed E-state index contributed by atoms with van der Waals surface area (Å²) in [6.07, 6.45) is 1.61. The molecule has 0 aliphatic rings. The van der Waals surface area contributed by atoms with Crippen LogP contribution in [-0.2, 0) is 10.0 Å². The third-order valence-electron chi connectivity index (χ3n) is 4.57. The van der Waals surface area contributed by atoms with Crippen molar-refractivity contribution in [2.75, 3.05) is 4.72 Å². The van der Waals surface area contributed by atoms with E-state index in [9.17, 15) is 8.42 Å². The lowest BCUT2D eigenvalue weighted by molar-refractivity contribution is 0.596. The van der Waals surface area contributed by atoms with Crippen molar-refractivity contribution in [3.05, 3.63) is 82.4 Å². The van der Waals surface area contributed by atoms with Crippen LogP contribution in [0, 0.1) is 0 Å². The van der Waals surface area contributed by atoms with Gasteiger partial charge in [0.05, 0.1) is 10.7 Å². The first-order valence-electron chi connectivity index (χ1n) is 9.01. The Bertz CT molecular complexity index is 1540. The number of hydrogen-bond acceptors (Lipinski definition) is 5. The third-order valence-corrected chi connectivity index (χ3v) is 8.59. The first kappa shape index (κ1) is 20.7. The highest BCUT2D eigenvalue weighted by Crippen LogP contribution is 2.36. The van der Waals surface area contributed by atoms with Gasteiger partial charge >= 0.3 is 0 Å². The van der Waals surface area contributed by atoms with Gasteiger partial charge in [0.15, 0.2) is 15.1 Å². The molecule has 0 saturated carbocycles. The number of imidazole rings is 1. The van der Waals surface area contributed by atoms with Gasteiger partial charge in [-0.15, -0.1) is 11.3 Å². The largest absolute Gasteiger partial charge is 0.281 e. The molecule has 0 amide bonds. The van der Waals surface area contributed by atoms with Crippen molar-refractivity contribution in [3.63, 3.8) is 0 Å². The molecule has 31 heavy (non-hydrogen) atoms. The molecule has 0 aliphatic heterocycles.